The topological polar surface area (TPSA) is 18.5 Å². The van der Waals surface area contributed by atoms with Gasteiger partial charge in [-0.05, 0) is 58.5 Å². The van der Waals surface area contributed by atoms with Crippen molar-refractivity contribution >= 4 is 5.69 Å². The smallest absolute Gasteiger partial charge is 0.0412 e. The van der Waals surface area contributed by atoms with Gasteiger partial charge in [0, 0.05) is 31.4 Å². The van der Waals surface area contributed by atoms with Crippen LogP contribution < -0.4 is 10.2 Å². The lowest BCUT2D eigenvalue weighted by Crippen LogP contribution is -2.45. The number of aryl methyl sites for hydroxylation is 1. The van der Waals surface area contributed by atoms with E-state index in [-0.39, 0.29) is 0 Å². The van der Waals surface area contributed by atoms with Crippen LogP contribution in [0.25, 0.3) is 0 Å². The Kier molecular flexibility index (Phi) is 6.07. The molecule has 0 aliphatic carbocycles. The number of anilines is 1. The average molecular weight is 289 g/mol. The highest BCUT2D eigenvalue weighted by atomic mass is 15.2. The Bertz CT molecular complexity index is 442. The molecular formula is C18H31N3. The minimum atomic E-state index is 0.677. The van der Waals surface area contributed by atoms with Crippen LogP contribution in [0.3, 0.4) is 0 Å². The van der Waals surface area contributed by atoms with Gasteiger partial charge >= 0.3 is 0 Å². The lowest BCUT2D eigenvalue weighted by molar-refractivity contribution is 0.258. The first-order valence-corrected chi connectivity index (χ1v) is 8.33. The van der Waals surface area contributed by atoms with Crippen molar-refractivity contribution in [3.63, 3.8) is 0 Å². The Labute approximate surface area is 130 Å². The number of hydrogen-bond acceptors (Lipinski definition) is 3. The maximum absolute atomic E-state index is 3.55. The van der Waals surface area contributed by atoms with Gasteiger partial charge in [-0.2, -0.15) is 0 Å². The Morgan fingerprint density at radius 1 is 1.33 bits per heavy atom. The van der Waals surface area contributed by atoms with Gasteiger partial charge in [-0.3, -0.25) is 0 Å². The number of hydrogen-bond donors (Lipinski definition) is 1. The van der Waals surface area contributed by atoms with Crippen LogP contribution in [-0.2, 0) is 6.54 Å². The first-order chi connectivity index (χ1) is 10.1. The van der Waals surface area contributed by atoms with Crippen LogP contribution >= 0.6 is 0 Å². The van der Waals surface area contributed by atoms with Crippen LogP contribution in [0.4, 0.5) is 5.69 Å². The third-order valence-corrected chi connectivity index (χ3v) is 4.44. The number of rotatable bonds is 6. The highest BCUT2D eigenvalue weighted by Crippen LogP contribution is 2.26. The molecule has 1 aliphatic rings. The van der Waals surface area contributed by atoms with Gasteiger partial charge in [-0.15, -0.1) is 0 Å². The van der Waals surface area contributed by atoms with Crippen molar-refractivity contribution in [2.75, 3.05) is 38.6 Å². The summed E-state index contributed by atoms with van der Waals surface area (Å²) in [4.78, 5) is 4.95. The van der Waals surface area contributed by atoms with Crippen molar-refractivity contribution < 1.29 is 0 Å². The number of likely N-dealkylation sites (N-methyl/N-ethyl adjacent to an activating group) is 1. The van der Waals surface area contributed by atoms with E-state index in [1.54, 1.807) is 0 Å². The molecule has 0 aromatic heterocycles. The van der Waals surface area contributed by atoms with E-state index < -0.39 is 0 Å². The fourth-order valence-corrected chi connectivity index (χ4v) is 3.16. The molecule has 1 unspecified atom stereocenters. The molecule has 1 heterocycles. The third kappa shape index (κ3) is 4.45. The molecule has 0 radical (unpaired) electrons. The molecule has 21 heavy (non-hydrogen) atoms. The molecule has 1 saturated heterocycles. The van der Waals surface area contributed by atoms with Crippen molar-refractivity contribution in [3.05, 3.63) is 29.3 Å². The maximum Gasteiger partial charge on any atom is 0.0412 e. The fraction of sp³-hybridized carbons (Fsp3) is 0.667. The van der Waals surface area contributed by atoms with Crippen LogP contribution in [-0.4, -0.2) is 44.7 Å². The molecule has 0 bridgehead atoms. The minimum absolute atomic E-state index is 0.677. The molecule has 3 heteroatoms. The van der Waals surface area contributed by atoms with Gasteiger partial charge in [0.2, 0.25) is 0 Å². The van der Waals surface area contributed by atoms with E-state index in [0.29, 0.717) is 6.04 Å². The summed E-state index contributed by atoms with van der Waals surface area (Å²) in [5.41, 5.74) is 4.23. The van der Waals surface area contributed by atoms with E-state index in [9.17, 15) is 0 Å². The second kappa shape index (κ2) is 7.81. The van der Waals surface area contributed by atoms with Crippen LogP contribution in [0.5, 0.6) is 0 Å². The summed E-state index contributed by atoms with van der Waals surface area (Å²) in [6.07, 6.45) is 3.80. The van der Waals surface area contributed by atoms with Crippen molar-refractivity contribution in [3.8, 4) is 0 Å². The average Bonchev–Trinajstić information content (AvgIpc) is 2.48. The molecule has 1 aliphatic heterocycles. The van der Waals surface area contributed by atoms with Crippen molar-refractivity contribution in [1.82, 2.24) is 10.2 Å². The minimum Gasteiger partial charge on any atom is -0.370 e. The lowest BCUT2D eigenvalue weighted by Gasteiger charge is -2.38. The monoisotopic (exact) mass is 289 g/mol. The summed E-state index contributed by atoms with van der Waals surface area (Å²) < 4.78 is 0. The summed E-state index contributed by atoms with van der Waals surface area (Å²) in [5.74, 6) is 0. The molecule has 0 spiro atoms. The van der Waals surface area contributed by atoms with E-state index in [0.717, 1.165) is 19.6 Å². The van der Waals surface area contributed by atoms with Gasteiger partial charge in [0.05, 0.1) is 0 Å². The normalized spacial score (nSPS) is 19.3. The van der Waals surface area contributed by atoms with E-state index in [1.807, 2.05) is 0 Å². The number of nitrogens with one attached hydrogen (secondary N) is 1. The highest BCUT2D eigenvalue weighted by molar-refractivity contribution is 5.55. The lowest BCUT2D eigenvalue weighted by atomic mass is 10.0. The number of piperidine rings is 1. The molecule has 1 fully saturated rings. The first kappa shape index (κ1) is 16.3. The number of benzene rings is 1. The van der Waals surface area contributed by atoms with Crippen molar-refractivity contribution in [2.24, 2.45) is 0 Å². The standard InChI is InChI=1S/C18H31N3/c1-5-10-19-13-16-12-15(2)8-9-18(16)21-11-6-7-17(14-21)20(3)4/h8-9,12,17,19H,5-7,10-11,13-14H2,1-4H3. The first-order valence-electron chi connectivity index (χ1n) is 8.33. The molecule has 3 nitrogen and oxygen atoms in total. The fourth-order valence-electron chi connectivity index (χ4n) is 3.16. The predicted octanol–water partition coefficient (Wildman–Crippen LogP) is 3.03. The van der Waals surface area contributed by atoms with Crippen LogP contribution in [0.15, 0.2) is 18.2 Å². The SMILES string of the molecule is CCCNCc1cc(C)ccc1N1CCCC(N(C)C)C1. The molecule has 1 atom stereocenters. The van der Waals surface area contributed by atoms with E-state index in [4.69, 9.17) is 0 Å². The molecule has 118 valence electrons. The van der Waals surface area contributed by atoms with Crippen molar-refractivity contribution in [2.45, 2.75) is 45.7 Å². The van der Waals surface area contributed by atoms with Gasteiger partial charge in [-0.1, -0.05) is 24.6 Å². The Morgan fingerprint density at radius 3 is 2.86 bits per heavy atom. The quantitative estimate of drug-likeness (QED) is 0.812. The summed E-state index contributed by atoms with van der Waals surface area (Å²) in [6.45, 7) is 8.81. The summed E-state index contributed by atoms with van der Waals surface area (Å²) in [5, 5.41) is 3.55. The van der Waals surface area contributed by atoms with Crippen molar-refractivity contribution in [1.29, 1.82) is 0 Å². The second-order valence-corrected chi connectivity index (χ2v) is 6.51. The third-order valence-electron chi connectivity index (χ3n) is 4.44. The van der Waals surface area contributed by atoms with Gasteiger partial charge in [-0.25, -0.2) is 0 Å². The van der Waals surface area contributed by atoms with Gasteiger partial charge in [0.15, 0.2) is 0 Å². The van der Waals surface area contributed by atoms with E-state index in [2.05, 4.69) is 61.3 Å². The van der Waals surface area contributed by atoms with Gasteiger partial charge < -0.3 is 15.1 Å². The maximum atomic E-state index is 3.55. The zero-order chi connectivity index (χ0) is 15.2. The Morgan fingerprint density at radius 2 is 2.14 bits per heavy atom. The van der Waals surface area contributed by atoms with Crippen LogP contribution in [0, 0.1) is 6.92 Å². The molecule has 2 rings (SSSR count). The molecule has 1 N–H and O–H groups in total. The predicted molar refractivity (Wildman–Crippen MR) is 92.1 cm³/mol. The van der Waals surface area contributed by atoms with Gasteiger partial charge in [0.1, 0.15) is 0 Å². The zero-order valence-corrected chi connectivity index (χ0v) is 14.2. The Hall–Kier alpha value is -1.06. The molecule has 0 saturated carbocycles. The summed E-state index contributed by atoms with van der Waals surface area (Å²) in [7, 11) is 4.40. The molecular weight excluding hydrogens is 258 g/mol. The van der Waals surface area contributed by atoms with Crippen LogP contribution in [0.1, 0.15) is 37.3 Å². The van der Waals surface area contributed by atoms with Gasteiger partial charge in [0.25, 0.3) is 0 Å². The van der Waals surface area contributed by atoms with Crippen LogP contribution in [0.2, 0.25) is 0 Å². The van der Waals surface area contributed by atoms with E-state index >= 15 is 0 Å². The molecule has 0 amide bonds. The number of nitrogens with zero attached hydrogens (tertiary/aromatic N) is 2. The van der Waals surface area contributed by atoms with E-state index in [1.165, 1.54) is 42.6 Å². The largest absolute Gasteiger partial charge is 0.370 e. The summed E-state index contributed by atoms with van der Waals surface area (Å²) in [6, 6.07) is 7.59. The highest BCUT2D eigenvalue weighted by Gasteiger charge is 2.22. The Balaban J connectivity index is 2.13. The molecule has 1 aromatic carbocycles. The molecule has 1 aromatic rings. The second-order valence-electron chi connectivity index (χ2n) is 6.51. The zero-order valence-electron chi connectivity index (χ0n) is 14.2. The summed E-state index contributed by atoms with van der Waals surface area (Å²) >= 11 is 0.